The van der Waals surface area contributed by atoms with Crippen molar-refractivity contribution in [1.82, 2.24) is 14.9 Å². The second-order valence-electron chi connectivity index (χ2n) is 5.32. The van der Waals surface area contributed by atoms with Crippen molar-refractivity contribution in [2.24, 2.45) is 5.92 Å². The standard InChI is InChI=1S/C14H22N4O2/c1-5-20-12-6-11(12)13(19)18(4)9-10-7-15-14(16-8-10)17(2)3/h7-8,11-12H,5-6,9H2,1-4H3. The molecule has 0 aliphatic heterocycles. The van der Waals surface area contributed by atoms with Crippen LogP contribution in [0.3, 0.4) is 0 Å². The fourth-order valence-corrected chi connectivity index (χ4v) is 2.13. The summed E-state index contributed by atoms with van der Waals surface area (Å²) in [4.78, 5) is 24.2. The number of hydrogen-bond acceptors (Lipinski definition) is 5. The Hall–Kier alpha value is -1.69. The summed E-state index contributed by atoms with van der Waals surface area (Å²) >= 11 is 0. The van der Waals surface area contributed by atoms with E-state index in [4.69, 9.17) is 4.74 Å². The number of carbonyl (C=O) groups excluding carboxylic acids is 1. The minimum atomic E-state index is 0.0296. The van der Waals surface area contributed by atoms with Gasteiger partial charge >= 0.3 is 0 Å². The largest absolute Gasteiger partial charge is 0.378 e. The van der Waals surface area contributed by atoms with Gasteiger partial charge in [-0.3, -0.25) is 4.79 Å². The maximum atomic E-state index is 12.2. The van der Waals surface area contributed by atoms with Crippen molar-refractivity contribution >= 4 is 11.9 Å². The van der Waals surface area contributed by atoms with Crippen LogP contribution in [-0.4, -0.2) is 54.6 Å². The van der Waals surface area contributed by atoms with Gasteiger partial charge in [-0.25, -0.2) is 9.97 Å². The lowest BCUT2D eigenvalue weighted by atomic mass is 10.3. The smallest absolute Gasteiger partial charge is 0.228 e. The molecule has 110 valence electrons. The summed E-state index contributed by atoms with van der Waals surface area (Å²) in [6.07, 6.45) is 4.48. The van der Waals surface area contributed by atoms with E-state index >= 15 is 0 Å². The van der Waals surface area contributed by atoms with E-state index < -0.39 is 0 Å². The number of hydrogen-bond donors (Lipinski definition) is 0. The van der Waals surface area contributed by atoms with Gasteiger partial charge in [0.2, 0.25) is 11.9 Å². The SMILES string of the molecule is CCOC1CC1C(=O)N(C)Cc1cnc(N(C)C)nc1. The monoisotopic (exact) mass is 278 g/mol. The van der Waals surface area contributed by atoms with E-state index in [1.54, 1.807) is 17.3 Å². The van der Waals surface area contributed by atoms with Crippen LogP contribution in [0.5, 0.6) is 0 Å². The third-order valence-corrected chi connectivity index (χ3v) is 3.32. The van der Waals surface area contributed by atoms with E-state index in [1.165, 1.54) is 0 Å². The second-order valence-corrected chi connectivity index (χ2v) is 5.32. The molecule has 1 aliphatic carbocycles. The molecule has 2 unspecified atom stereocenters. The van der Waals surface area contributed by atoms with Crippen molar-refractivity contribution < 1.29 is 9.53 Å². The highest BCUT2D eigenvalue weighted by atomic mass is 16.5. The highest BCUT2D eigenvalue weighted by molar-refractivity contribution is 5.81. The van der Waals surface area contributed by atoms with Gasteiger partial charge in [-0.2, -0.15) is 0 Å². The maximum absolute atomic E-state index is 12.2. The van der Waals surface area contributed by atoms with E-state index in [0.29, 0.717) is 19.1 Å². The predicted molar refractivity (Wildman–Crippen MR) is 76.4 cm³/mol. The molecule has 0 N–H and O–H groups in total. The van der Waals surface area contributed by atoms with Crippen molar-refractivity contribution in [1.29, 1.82) is 0 Å². The number of ether oxygens (including phenoxy) is 1. The average molecular weight is 278 g/mol. The Morgan fingerprint density at radius 3 is 2.55 bits per heavy atom. The molecule has 1 aliphatic rings. The van der Waals surface area contributed by atoms with Crippen LogP contribution in [-0.2, 0) is 16.1 Å². The summed E-state index contributed by atoms with van der Waals surface area (Å²) in [6.45, 7) is 3.15. The molecular formula is C14H22N4O2. The lowest BCUT2D eigenvalue weighted by Crippen LogP contribution is -2.29. The molecule has 6 heteroatoms. The molecule has 0 radical (unpaired) electrons. The quantitative estimate of drug-likeness (QED) is 0.774. The molecule has 2 atom stereocenters. The number of nitrogens with zero attached hydrogens (tertiary/aromatic N) is 4. The Balaban J connectivity index is 1.88. The molecule has 6 nitrogen and oxygen atoms in total. The predicted octanol–water partition coefficient (Wildman–Crippen LogP) is 0.926. The highest BCUT2D eigenvalue weighted by Crippen LogP contribution is 2.35. The van der Waals surface area contributed by atoms with Crippen LogP contribution in [0.25, 0.3) is 0 Å². The molecule has 2 rings (SSSR count). The molecule has 1 aromatic rings. The molecule has 0 spiro atoms. The van der Waals surface area contributed by atoms with E-state index in [1.807, 2.05) is 33.0 Å². The van der Waals surface area contributed by atoms with Crippen LogP contribution in [0.2, 0.25) is 0 Å². The van der Waals surface area contributed by atoms with Crippen LogP contribution < -0.4 is 4.90 Å². The van der Waals surface area contributed by atoms with Gasteiger partial charge in [-0.05, 0) is 13.3 Å². The van der Waals surface area contributed by atoms with Crippen LogP contribution in [0, 0.1) is 5.92 Å². The zero-order chi connectivity index (χ0) is 14.7. The van der Waals surface area contributed by atoms with Crippen molar-refractivity contribution in [2.75, 3.05) is 32.6 Å². The van der Waals surface area contributed by atoms with Crippen LogP contribution in [0.4, 0.5) is 5.95 Å². The lowest BCUT2D eigenvalue weighted by molar-refractivity contribution is -0.132. The van der Waals surface area contributed by atoms with Gasteiger partial charge < -0.3 is 14.5 Å². The Morgan fingerprint density at radius 1 is 1.35 bits per heavy atom. The minimum absolute atomic E-state index is 0.0296. The molecule has 0 bridgehead atoms. The zero-order valence-corrected chi connectivity index (χ0v) is 12.5. The van der Waals surface area contributed by atoms with Gasteiger partial charge in [-0.15, -0.1) is 0 Å². The number of aromatic nitrogens is 2. The van der Waals surface area contributed by atoms with Gasteiger partial charge in [0.1, 0.15) is 0 Å². The first-order valence-corrected chi connectivity index (χ1v) is 6.87. The van der Waals surface area contributed by atoms with Gasteiger partial charge in [0, 0.05) is 52.3 Å². The summed E-state index contributed by atoms with van der Waals surface area (Å²) < 4.78 is 5.45. The summed E-state index contributed by atoms with van der Waals surface area (Å²) in [5.41, 5.74) is 0.931. The minimum Gasteiger partial charge on any atom is -0.378 e. The lowest BCUT2D eigenvalue weighted by Gasteiger charge is -2.17. The van der Waals surface area contributed by atoms with Crippen LogP contribution >= 0.6 is 0 Å². The van der Waals surface area contributed by atoms with Gasteiger partial charge in [-0.1, -0.05) is 0 Å². The molecular weight excluding hydrogens is 256 g/mol. The summed E-state index contributed by atoms with van der Waals surface area (Å²) in [5.74, 6) is 0.836. The first-order valence-electron chi connectivity index (χ1n) is 6.87. The average Bonchev–Trinajstić information content (AvgIpc) is 3.18. The molecule has 1 heterocycles. The van der Waals surface area contributed by atoms with Crippen molar-refractivity contribution in [3.8, 4) is 0 Å². The second kappa shape index (κ2) is 6.17. The maximum Gasteiger partial charge on any atom is 0.228 e. The number of rotatable bonds is 6. The number of carbonyl (C=O) groups is 1. The molecule has 0 saturated heterocycles. The Bertz CT molecular complexity index is 461. The van der Waals surface area contributed by atoms with Gasteiger partial charge in [0.25, 0.3) is 0 Å². The molecule has 0 aromatic carbocycles. The summed E-state index contributed by atoms with van der Waals surface area (Å²) in [5, 5.41) is 0. The van der Waals surface area contributed by atoms with E-state index in [0.717, 1.165) is 12.0 Å². The third kappa shape index (κ3) is 3.45. The molecule has 20 heavy (non-hydrogen) atoms. The Kier molecular flexibility index (Phi) is 4.54. The van der Waals surface area contributed by atoms with Crippen LogP contribution in [0.1, 0.15) is 18.9 Å². The number of amides is 1. The fraction of sp³-hybridized carbons (Fsp3) is 0.643. The fourth-order valence-electron chi connectivity index (χ4n) is 2.13. The molecule has 1 amide bonds. The topological polar surface area (TPSA) is 58.6 Å². The summed E-state index contributed by atoms with van der Waals surface area (Å²) in [7, 11) is 5.60. The Morgan fingerprint density at radius 2 is 2.00 bits per heavy atom. The van der Waals surface area contributed by atoms with Crippen LogP contribution in [0.15, 0.2) is 12.4 Å². The highest BCUT2D eigenvalue weighted by Gasteiger charge is 2.45. The van der Waals surface area contributed by atoms with E-state index in [9.17, 15) is 4.79 Å². The molecule has 1 fully saturated rings. The van der Waals surface area contributed by atoms with Gasteiger partial charge in [0.15, 0.2) is 0 Å². The zero-order valence-electron chi connectivity index (χ0n) is 12.5. The first kappa shape index (κ1) is 14.7. The molecule has 1 aromatic heterocycles. The van der Waals surface area contributed by atoms with Gasteiger partial charge in [0.05, 0.1) is 12.0 Å². The molecule has 1 saturated carbocycles. The number of anilines is 1. The van der Waals surface area contributed by atoms with E-state index in [2.05, 4.69) is 9.97 Å². The van der Waals surface area contributed by atoms with E-state index in [-0.39, 0.29) is 17.9 Å². The first-order chi connectivity index (χ1) is 9.52. The van der Waals surface area contributed by atoms with Crippen molar-refractivity contribution in [3.05, 3.63) is 18.0 Å². The summed E-state index contributed by atoms with van der Waals surface area (Å²) in [6, 6.07) is 0. The normalized spacial score (nSPS) is 20.6. The van der Waals surface area contributed by atoms with Crippen molar-refractivity contribution in [2.45, 2.75) is 26.0 Å². The van der Waals surface area contributed by atoms with Crippen molar-refractivity contribution in [3.63, 3.8) is 0 Å². The third-order valence-electron chi connectivity index (χ3n) is 3.32. The Labute approximate surface area is 119 Å².